The Morgan fingerprint density at radius 1 is 1.28 bits per heavy atom. The number of H-pyrrole nitrogens is 1. The van der Waals surface area contributed by atoms with Crippen molar-refractivity contribution >= 4 is 32.4 Å². The van der Waals surface area contributed by atoms with Crippen molar-refractivity contribution in [1.29, 1.82) is 5.26 Å². The number of aromatic nitrogens is 3. The highest BCUT2D eigenvalue weighted by Gasteiger charge is 2.36. The van der Waals surface area contributed by atoms with Crippen LogP contribution in [0.25, 0.3) is 10.9 Å². The molecule has 190 valence electrons. The number of rotatable bonds is 8. The Morgan fingerprint density at radius 2 is 2.03 bits per heavy atom. The zero-order valence-electron chi connectivity index (χ0n) is 20.4. The van der Waals surface area contributed by atoms with Gasteiger partial charge in [-0.1, -0.05) is 0 Å². The highest BCUT2D eigenvalue weighted by molar-refractivity contribution is 7.89. The van der Waals surface area contributed by atoms with E-state index in [9.17, 15) is 13.2 Å². The van der Waals surface area contributed by atoms with Gasteiger partial charge in [0.05, 0.1) is 34.7 Å². The molecule has 2 fully saturated rings. The van der Waals surface area contributed by atoms with Gasteiger partial charge < -0.3 is 15.0 Å². The largest absolute Gasteiger partial charge is 0.373 e. The highest BCUT2D eigenvalue weighted by Crippen LogP contribution is 2.43. The first-order chi connectivity index (χ1) is 17.2. The van der Waals surface area contributed by atoms with Gasteiger partial charge in [-0.3, -0.25) is 9.48 Å². The van der Waals surface area contributed by atoms with E-state index >= 15 is 0 Å². The molecule has 0 unspecified atom stereocenters. The second-order valence-corrected chi connectivity index (χ2v) is 12.0. The van der Waals surface area contributed by atoms with E-state index in [0.29, 0.717) is 54.3 Å². The number of nitriles is 1. The molecule has 36 heavy (non-hydrogen) atoms. The van der Waals surface area contributed by atoms with Gasteiger partial charge >= 0.3 is 0 Å². The minimum absolute atomic E-state index is 0.0507. The minimum Gasteiger partial charge on any atom is -0.373 e. The number of aromatic amines is 1. The summed E-state index contributed by atoms with van der Waals surface area (Å²) < 4.78 is 35.3. The molecule has 10 nitrogen and oxygen atoms in total. The van der Waals surface area contributed by atoms with Crippen molar-refractivity contribution in [3.63, 3.8) is 0 Å². The predicted octanol–water partition coefficient (Wildman–Crippen LogP) is 3.52. The molecule has 1 aromatic carbocycles. The number of fused-ring (bicyclic) bond motifs is 1. The summed E-state index contributed by atoms with van der Waals surface area (Å²) in [5, 5.41) is 17.5. The average Bonchev–Trinajstić information content (AvgIpc) is 3.62. The van der Waals surface area contributed by atoms with Gasteiger partial charge in [0.25, 0.3) is 5.56 Å². The van der Waals surface area contributed by atoms with Gasteiger partial charge in [-0.05, 0) is 69.4 Å². The average molecular weight is 511 g/mol. The molecule has 3 heterocycles. The van der Waals surface area contributed by atoms with Gasteiger partial charge in [0.1, 0.15) is 5.39 Å². The number of benzene rings is 1. The maximum atomic E-state index is 13.2. The lowest BCUT2D eigenvalue weighted by Gasteiger charge is -2.37. The third-order valence-electron chi connectivity index (χ3n) is 6.81. The number of anilines is 2. The number of morpholine rings is 1. The van der Waals surface area contributed by atoms with Gasteiger partial charge in [-0.25, -0.2) is 8.42 Å². The summed E-state index contributed by atoms with van der Waals surface area (Å²) in [5.41, 5.74) is 0.534. The van der Waals surface area contributed by atoms with Gasteiger partial charge in [0.2, 0.25) is 10.0 Å². The molecule has 0 radical (unpaired) electrons. The molecule has 2 N–H and O–H groups in total. The monoisotopic (exact) mass is 510 g/mol. The van der Waals surface area contributed by atoms with Crippen molar-refractivity contribution in [2.24, 2.45) is 5.92 Å². The molecule has 3 aromatic rings. The Kier molecular flexibility index (Phi) is 6.36. The highest BCUT2D eigenvalue weighted by atomic mass is 32.2. The Hall–Kier alpha value is -3.20. The smallest absolute Gasteiger partial charge is 0.261 e. The standard InChI is InChI=1S/C25H30N6O4S/c1-25(2)16-30(14-15-35-25)36(33,34)19-9-7-18(8-10-19)28-23-22-21(11-13-27-24(22)32)31(29-23)20(4-3-12-26)17-5-6-17/h7-11,13,17,20H,3-6,14-16H2,1-2H3,(H,27,32)(H,28,29)/t20-/m0/s1. The molecule has 11 heteroatoms. The van der Waals surface area contributed by atoms with E-state index in [4.69, 9.17) is 15.1 Å². The van der Waals surface area contributed by atoms with Crippen LogP contribution in [0.3, 0.4) is 0 Å². The van der Waals surface area contributed by atoms with Gasteiger partial charge in [-0.2, -0.15) is 14.7 Å². The fourth-order valence-electron chi connectivity index (χ4n) is 4.87. The lowest BCUT2D eigenvalue weighted by molar-refractivity contribution is -0.0640. The number of nitrogens with one attached hydrogen (secondary N) is 2. The maximum Gasteiger partial charge on any atom is 0.261 e. The third-order valence-corrected chi connectivity index (χ3v) is 8.67. The molecule has 0 spiro atoms. The fraction of sp³-hybridized carbons (Fsp3) is 0.480. The molecule has 2 aromatic heterocycles. The lowest BCUT2D eigenvalue weighted by Crippen LogP contribution is -2.50. The van der Waals surface area contributed by atoms with E-state index in [1.807, 2.05) is 24.6 Å². The van der Waals surface area contributed by atoms with Crippen molar-refractivity contribution in [2.75, 3.05) is 25.0 Å². The number of hydrogen-bond acceptors (Lipinski definition) is 7. The molecule has 0 amide bonds. The van der Waals surface area contributed by atoms with Crippen LogP contribution in [-0.4, -0.2) is 52.8 Å². The van der Waals surface area contributed by atoms with Crippen LogP contribution in [0, 0.1) is 17.2 Å². The quantitative estimate of drug-likeness (QED) is 0.474. The molecule has 2 aliphatic rings. The van der Waals surface area contributed by atoms with Crippen molar-refractivity contribution < 1.29 is 13.2 Å². The maximum absolute atomic E-state index is 13.2. The molecule has 1 saturated carbocycles. The first-order valence-corrected chi connectivity index (χ1v) is 13.6. The fourth-order valence-corrected chi connectivity index (χ4v) is 6.44. The van der Waals surface area contributed by atoms with Crippen LogP contribution in [0.2, 0.25) is 0 Å². The molecular formula is C25H30N6O4S. The Balaban J connectivity index is 1.43. The van der Waals surface area contributed by atoms with Crippen molar-refractivity contribution in [2.45, 2.75) is 56.1 Å². The summed E-state index contributed by atoms with van der Waals surface area (Å²) in [6.45, 7) is 4.70. The first kappa shape index (κ1) is 24.5. The number of hydrogen-bond donors (Lipinski definition) is 2. The Morgan fingerprint density at radius 3 is 2.69 bits per heavy atom. The van der Waals surface area contributed by atoms with E-state index in [-0.39, 0.29) is 23.0 Å². The van der Waals surface area contributed by atoms with Crippen LogP contribution >= 0.6 is 0 Å². The summed E-state index contributed by atoms with van der Waals surface area (Å²) in [6.07, 6.45) is 4.87. The zero-order chi connectivity index (χ0) is 25.5. The SMILES string of the molecule is CC1(C)CN(S(=O)(=O)c2ccc(Nc3nn([C@@H](CCC#N)C4CC4)c4cc[nH]c(=O)c34)cc2)CCO1. The molecule has 1 saturated heterocycles. The van der Waals surface area contributed by atoms with E-state index in [0.717, 1.165) is 12.8 Å². The minimum atomic E-state index is -3.66. The van der Waals surface area contributed by atoms with Crippen LogP contribution in [0.5, 0.6) is 0 Å². The second-order valence-electron chi connectivity index (χ2n) is 10.1. The van der Waals surface area contributed by atoms with Crippen LogP contribution < -0.4 is 10.9 Å². The summed E-state index contributed by atoms with van der Waals surface area (Å²) in [6, 6.07) is 10.6. The van der Waals surface area contributed by atoms with Crippen LogP contribution in [0.15, 0.2) is 46.2 Å². The summed E-state index contributed by atoms with van der Waals surface area (Å²) in [5.74, 6) is 0.850. The van der Waals surface area contributed by atoms with E-state index in [2.05, 4.69) is 16.4 Å². The van der Waals surface area contributed by atoms with E-state index in [1.165, 1.54) is 4.31 Å². The normalized spacial score (nSPS) is 19.1. The predicted molar refractivity (Wildman–Crippen MR) is 135 cm³/mol. The van der Waals surface area contributed by atoms with Gasteiger partial charge in [-0.15, -0.1) is 0 Å². The third kappa shape index (κ3) is 4.76. The first-order valence-electron chi connectivity index (χ1n) is 12.2. The number of ether oxygens (including phenoxy) is 1. The number of sulfonamides is 1. The molecule has 1 atom stereocenters. The van der Waals surface area contributed by atoms with E-state index in [1.54, 1.807) is 30.5 Å². The summed E-state index contributed by atoms with van der Waals surface area (Å²) in [4.78, 5) is 15.7. The molecular weight excluding hydrogens is 480 g/mol. The summed E-state index contributed by atoms with van der Waals surface area (Å²) in [7, 11) is -3.66. The van der Waals surface area contributed by atoms with Gasteiger partial charge in [0, 0.05) is 31.4 Å². The molecule has 1 aliphatic carbocycles. The lowest BCUT2D eigenvalue weighted by atomic mass is 10.1. The second kappa shape index (κ2) is 9.35. The van der Waals surface area contributed by atoms with E-state index < -0.39 is 15.6 Å². The van der Waals surface area contributed by atoms with Crippen molar-refractivity contribution in [1.82, 2.24) is 19.1 Å². The zero-order valence-corrected chi connectivity index (χ0v) is 21.2. The Bertz CT molecular complexity index is 1460. The molecule has 5 rings (SSSR count). The van der Waals surface area contributed by atoms with Crippen molar-refractivity contribution in [3.8, 4) is 6.07 Å². The van der Waals surface area contributed by atoms with Gasteiger partial charge in [0.15, 0.2) is 5.82 Å². The van der Waals surface area contributed by atoms with Crippen LogP contribution in [0.4, 0.5) is 11.5 Å². The Labute approximate surface area is 209 Å². The number of nitrogens with zero attached hydrogens (tertiary/aromatic N) is 4. The topological polar surface area (TPSA) is 133 Å². The van der Waals surface area contributed by atoms with Crippen LogP contribution in [0.1, 0.15) is 45.6 Å². The molecule has 1 aliphatic heterocycles. The number of pyridine rings is 1. The van der Waals surface area contributed by atoms with Crippen LogP contribution in [-0.2, 0) is 14.8 Å². The summed E-state index contributed by atoms with van der Waals surface area (Å²) >= 11 is 0. The molecule has 0 bridgehead atoms. The van der Waals surface area contributed by atoms with Crippen molar-refractivity contribution in [3.05, 3.63) is 46.9 Å².